The number of ether oxygens (including phenoxy) is 1. The third-order valence-electron chi connectivity index (χ3n) is 4.68. The van der Waals surface area contributed by atoms with Gasteiger partial charge in [-0.2, -0.15) is 5.10 Å². The van der Waals surface area contributed by atoms with Gasteiger partial charge in [0.2, 0.25) is 11.0 Å². The molecule has 0 saturated heterocycles. The predicted octanol–water partition coefficient (Wildman–Crippen LogP) is 3.28. The Hall–Kier alpha value is -4.05. The molecular weight excluding hydrogens is 428 g/mol. The largest absolute Gasteiger partial charge is 0.497 e. The lowest BCUT2D eigenvalue weighted by molar-refractivity contribution is -0.120. The number of carbonyl (C=O) groups is 2. The molecule has 0 radical (unpaired) electrons. The van der Waals surface area contributed by atoms with Crippen LogP contribution in [0, 0.1) is 6.92 Å². The summed E-state index contributed by atoms with van der Waals surface area (Å²) in [6, 6.07) is 14.6. The van der Waals surface area contributed by atoms with E-state index in [1.165, 1.54) is 0 Å². The summed E-state index contributed by atoms with van der Waals surface area (Å²) in [5, 5.41) is 16.4. The highest BCUT2D eigenvalue weighted by molar-refractivity contribution is 7.15. The van der Waals surface area contributed by atoms with Gasteiger partial charge in [0.1, 0.15) is 10.8 Å². The fraction of sp³-hybridized carbons (Fsp3) is 0.136. The van der Waals surface area contributed by atoms with Gasteiger partial charge in [0.25, 0.3) is 5.91 Å². The Morgan fingerprint density at radius 1 is 1.16 bits per heavy atom. The first kappa shape index (κ1) is 21.2. The minimum absolute atomic E-state index is 0.000277. The van der Waals surface area contributed by atoms with Crippen molar-refractivity contribution in [1.29, 1.82) is 0 Å². The number of benzene rings is 2. The second kappa shape index (κ2) is 9.40. The van der Waals surface area contributed by atoms with Crippen molar-refractivity contribution in [3.05, 3.63) is 70.4 Å². The second-order valence-electron chi connectivity index (χ2n) is 6.86. The number of hydrogen-bond acceptors (Lipinski definition) is 7. The molecule has 0 fully saturated rings. The van der Waals surface area contributed by atoms with Crippen LogP contribution in [0.5, 0.6) is 5.75 Å². The Bertz CT molecular complexity index is 1290. The summed E-state index contributed by atoms with van der Waals surface area (Å²) >= 11 is 1.13. The number of para-hydroxylation sites is 1. The monoisotopic (exact) mass is 448 g/mol. The number of carbonyl (C=O) groups excluding carboxylic acids is 2. The van der Waals surface area contributed by atoms with Crippen LogP contribution in [0.3, 0.4) is 0 Å². The van der Waals surface area contributed by atoms with Crippen LogP contribution >= 0.6 is 11.3 Å². The molecule has 0 saturated carbocycles. The van der Waals surface area contributed by atoms with Gasteiger partial charge >= 0.3 is 0 Å². The average Bonchev–Trinajstić information content (AvgIpc) is 3.37. The molecule has 0 aliphatic heterocycles. The summed E-state index contributed by atoms with van der Waals surface area (Å²) in [5.41, 5.74) is 5.86. The normalized spacial score (nSPS) is 11.1. The van der Waals surface area contributed by atoms with E-state index in [1.54, 1.807) is 37.6 Å². The molecule has 10 heteroatoms. The van der Waals surface area contributed by atoms with Crippen LogP contribution in [0.1, 0.15) is 26.6 Å². The fourth-order valence-electron chi connectivity index (χ4n) is 3.10. The summed E-state index contributed by atoms with van der Waals surface area (Å²) in [6.45, 7) is 1.95. The molecule has 0 unspecified atom stereocenters. The van der Waals surface area contributed by atoms with E-state index in [-0.39, 0.29) is 18.2 Å². The van der Waals surface area contributed by atoms with Gasteiger partial charge in [-0.05, 0) is 37.3 Å². The van der Waals surface area contributed by atoms with E-state index in [9.17, 15) is 9.59 Å². The molecule has 4 rings (SSSR count). The Balaban J connectivity index is 1.32. The lowest BCUT2D eigenvalue weighted by Crippen LogP contribution is -2.19. The van der Waals surface area contributed by atoms with Crippen molar-refractivity contribution < 1.29 is 14.3 Å². The molecule has 3 N–H and O–H groups in total. The van der Waals surface area contributed by atoms with Gasteiger partial charge in [-0.1, -0.05) is 29.5 Å². The van der Waals surface area contributed by atoms with Crippen LogP contribution < -0.4 is 15.5 Å². The maximum atomic E-state index is 12.3. The molecule has 32 heavy (non-hydrogen) atoms. The molecule has 4 aromatic rings. The highest BCUT2D eigenvalue weighted by Gasteiger charge is 2.13. The van der Waals surface area contributed by atoms with Crippen molar-refractivity contribution in [3.8, 4) is 5.75 Å². The molecule has 2 aromatic carbocycles. The minimum atomic E-state index is -0.331. The number of fused-ring (bicyclic) bond motifs is 1. The third kappa shape index (κ3) is 4.81. The van der Waals surface area contributed by atoms with Crippen molar-refractivity contribution in [1.82, 2.24) is 20.6 Å². The van der Waals surface area contributed by atoms with E-state index in [4.69, 9.17) is 4.74 Å². The number of aryl methyl sites for hydroxylation is 1. The summed E-state index contributed by atoms with van der Waals surface area (Å²) in [6.07, 6.45) is 1.62. The molecule has 9 nitrogen and oxygen atoms in total. The number of amides is 2. The second-order valence-corrected chi connectivity index (χ2v) is 7.92. The molecule has 2 heterocycles. The Kier molecular flexibility index (Phi) is 6.22. The number of aromatic nitrogens is 3. The Labute approximate surface area is 187 Å². The smallest absolute Gasteiger partial charge is 0.257 e. The number of hydrogen-bond donors (Lipinski definition) is 3. The highest BCUT2D eigenvalue weighted by atomic mass is 32.1. The van der Waals surface area contributed by atoms with Gasteiger partial charge in [0.15, 0.2) is 0 Å². The molecule has 0 aliphatic rings. The molecule has 0 atom stereocenters. The molecule has 0 bridgehead atoms. The summed E-state index contributed by atoms with van der Waals surface area (Å²) < 4.78 is 5.08. The third-order valence-corrected chi connectivity index (χ3v) is 5.52. The molecule has 2 amide bonds. The van der Waals surface area contributed by atoms with Gasteiger partial charge in [-0.3, -0.25) is 14.9 Å². The maximum Gasteiger partial charge on any atom is 0.257 e. The SMILES string of the molecule is COc1ccc(C(=O)Nc2nnc(CC(=O)N/N=C/c3c(C)[nH]c4ccccc34)s2)cc1. The van der Waals surface area contributed by atoms with Gasteiger partial charge in [-0.25, -0.2) is 5.43 Å². The van der Waals surface area contributed by atoms with Crippen LogP contribution in [0.15, 0.2) is 53.6 Å². The first-order valence-corrected chi connectivity index (χ1v) is 10.5. The number of hydrazone groups is 1. The Morgan fingerprint density at radius 2 is 1.94 bits per heavy atom. The fourth-order valence-corrected chi connectivity index (χ4v) is 3.83. The first-order valence-electron chi connectivity index (χ1n) is 9.70. The van der Waals surface area contributed by atoms with E-state index < -0.39 is 0 Å². The van der Waals surface area contributed by atoms with Crippen LogP contribution in [0.2, 0.25) is 0 Å². The van der Waals surface area contributed by atoms with E-state index in [1.807, 2.05) is 31.2 Å². The first-order chi connectivity index (χ1) is 15.5. The average molecular weight is 449 g/mol. The standard InChI is InChI=1S/C22H20N6O3S/c1-13-17(16-5-3-4-6-18(16)24-13)12-23-26-19(29)11-20-27-28-22(32-20)25-21(30)14-7-9-15(31-2)10-8-14/h3-10,12,24H,11H2,1-2H3,(H,26,29)(H,25,28,30)/b23-12+. The number of aromatic amines is 1. The van der Waals surface area contributed by atoms with Crippen LogP contribution in [0.4, 0.5) is 5.13 Å². The van der Waals surface area contributed by atoms with Gasteiger partial charge in [0.05, 0.1) is 19.7 Å². The molecule has 2 aromatic heterocycles. The number of methoxy groups -OCH3 is 1. The maximum absolute atomic E-state index is 12.3. The van der Waals surface area contributed by atoms with Crippen molar-refractivity contribution in [3.63, 3.8) is 0 Å². The predicted molar refractivity (Wildman–Crippen MR) is 123 cm³/mol. The molecule has 0 aliphatic carbocycles. The molecular formula is C22H20N6O3S. The van der Waals surface area contributed by atoms with Crippen LogP contribution in [0.25, 0.3) is 10.9 Å². The lowest BCUT2D eigenvalue weighted by Gasteiger charge is -2.02. The van der Waals surface area contributed by atoms with Crippen molar-refractivity contribution in [2.75, 3.05) is 12.4 Å². The topological polar surface area (TPSA) is 121 Å². The highest BCUT2D eigenvalue weighted by Crippen LogP contribution is 2.20. The number of anilines is 1. The van der Waals surface area contributed by atoms with Crippen molar-refractivity contribution >= 4 is 45.4 Å². The number of H-pyrrole nitrogens is 1. The van der Waals surface area contributed by atoms with Crippen LogP contribution in [-0.4, -0.2) is 40.3 Å². The summed E-state index contributed by atoms with van der Waals surface area (Å²) in [7, 11) is 1.56. The minimum Gasteiger partial charge on any atom is -0.497 e. The van der Waals surface area contributed by atoms with Crippen molar-refractivity contribution in [2.24, 2.45) is 5.10 Å². The number of rotatable bonds is 7. The van der Waals surface area contributed by atoms with Crippen molar-refractivity contribution in [2.45, 2.75) is 13.3 Å². The van der Waals surface area contributed by atoms with E-state index in [0.29, 0.717) is 21.5 Å². The van der Waals surface area contributed by atoms with E-state index >= 15 is 0 Å². The van der Waals surface area contributed by atoms with E-state index in [2.05, 4.69) is 31.0 Å². The summed E-state index contributed by atoms with van der Waals surface area (Å²) in [5.74, 6) is 0.00899. The zero-order valence-corrected chi connectivity index (χ0v) is 18.2. The number of nitrogens with zero attached hydrogens (tertiary/aromatic N) is 3. The summed E-state index contributed by atoms with van der Waals surface area (Å²) in [4.78, 5) is 27.8. The number of nitrogens with one attached hydrogen (secondary N) is 3. The Morgan fingerprint density at radius 3 is 2.72 bits per heavy atom. The lowest BCUT2D eigenvalue weighted by atomic mass is 10.1. The van der Waals surface area contributed by atoms with Gasteiger partial charge in [-0.15, -0.1) is 10.2 Å². The quantitative estimate of drug-likeness (QED) is 0.296. The zero-order valence-electron chi connectivity index (χ0n) is 17.4. The van der Waals surface area contributed by atoms with Gasteiger partial charge < -0.3 is 9.72 Å². The van der Waals surface area contributed by atoms with E-state index in [0.717, 1.165) is 33.5 Å². The zero-order chi connectivity index (χ0) is 22.5. The van der Waals surface area contributed by atoms with Crippen LogP contribution in [-0.2, 0) is 11.2 Å². The molecule has 0 spiro atoms. The van der Waals surface area contributed by atoms with Gasteiger partial charge in [0, 0.05) is 27.7 Å². The molecule has 162 valence electrons.